The van der Waals surface area contributed by atoms with E-state index >= 15 is 0 Å². The molecule has 3 N–H and O–H groups in total. The van der Waals surface area contributed by atoms with Crippen molar-refractivity contribution in [3.8, 4) is 0 Å². The third-order valence-corrected chi connectivity index (χ3v) is 2.46. The first kappa shape index (κ1) is 19.9. The number of carbonyl (C=O) groups excluding carboxylic acids is 4. The molecule has 0 aliphatic carbocycles. The Hall–Kier alpha value is -3.10. The molecule has 0 aromatic heterocycles. The molecular formula is C16H21N3O6. The van der Waals surface area contributed by atoms with Crippen LogP contribution in [0.3, 0.4) is 0 Å². The predicted octanol–water partition coefficient (Wildman–Crippen LogP) is 1.36. The quantitative estimate of drug-likeness (QED) is 0.556. The number of hydrogen-bond donors (Lipinski definition) is 3. The standard InChI is InChI=1S/C16H21N3O6/c1-10(20)18-19-13(21)9-24-14(22)11-6-5-7-12(8-11)17-15(23)25-16(2,3)4/h5-8H,9H2,1-4H3,(H,17,23)(H,18,20)(H,19,21). The van der Waals surface area contributed by atoms with E-state index in [9.17, 15) is 19.2 Å². The van der Waals surface area contributed by atoms with E-state index in [1.165, 1.54) is 19.1 Å². The molecule has 0 heterocycles. The molecule has 0 spiro atoms. The molecule has 1 aromatic rings. The minimum atomic E-state index is -0.759. The second-order valence-corrected chi connectivity index (χ2v) is 6.01. The first-order valence-electron chi connectivity index (χ1n) is 7.39. The Morgan fingerprint density at radius 1 is 1.08 bits per heavy atom. The Morgan fingerprint density at radius 2 is 1.76 bits per heavy atom. The van der Waals surface area contributed by atoms with Crippen LogP contribution in [0, 0.1) is 0 Å². The van der Waals surface area contributed by atoms with Crippen molar-refractivity contribution in [2.45, 2.75) is 33.3 Å². The average Bonchev–Trinajstić information content (AvgIpc) is 2.48. The van der Waals surface area contributed by atoms with Gasteiger partial charge in [0.1, 0.15) is 5.60 Å². The molecular weight excluding hydrogens is 330 g/mol. The van der Waals surface area contributed by atoms with Gasteiger partial charge in [-0.25, -0.2) is 9.59 Å². The summed E-state index contributed by atoms with van der Waals surface area (Å²) in [4.78, 5) is 45.6. The SMILES string of the molecule is CC(=O)NNC(=O)COC(=O)c1cccc(NC(=O)OC(C)(C)C)c1. The lowest BCUT2D eigenvalue weighted by Gasteiger charge is -2.19. The second kappa shape index (κ2) is 8.67. The van der Waals surface area contributed by atoms with Gasteiger partial charge in [0.2, 0.25) is 5.91 Å². The summed E-state index contributed by atoms with van der Waals surface area (Å²) in [6.07, 6.45) is -0.660. The zero-order valence-corrected chi connectivity index (χ0v) is 14.5. The van der Waals surface area contributed by atoms with Crippen molar-refractivity contribution in [2.75, 3.05) is 11.9 Å². The van der Waals surface area contributed by atoms with E-state index in [4.69, 9.17) is 9.47 Å². The number of benzene rings is 1. The summed E-state index contributed by atoms with van der Waals surface area (Å²) in [5, 5.41) is 2.50. The second-order valence-electron chi connectivity index (χ2n) is 6.01. The maximum absolute atomic E-state index is 11.9. The molecule has 0 atom stereocenters. The minimum absolute atomic E-state index is 0.140. The summed E-state index contributed by atoms with van der Waals surface area (Å²) in [6, 6.07) is 5.97. The highest BCUT2D eigenvalue weighted by molar-refractivity contribution is 5.94. The van der Waals surface area contributed by atoms with Gasteiger partial charge in [0, 0.05) is 12.6 Å². The van der Waals surface area contributed by atoms with Gasteiger partial charge in [0.15, 0.2) is 6.61 Å². The first-order valence-corrected chi connectivity index (χ1v) is 7.39. The molecule has 1 aromatic carbocycles. The molecule has 25 heavy (non-hydrogen) atoms. The number of esters is 1. The van der Waals surface area contributed by atoms with Crippen LogP contribution in [0.5, 0.6) is 0 Å². The molecule has 1 rings (SSSR count). The van der Waals surface area contributed by atoms with E-state index in [0.29, 0.717) is 5.69 Å². The van der Waals surface area contributed by atoms with Crippen LogP contribution in [0.4, 0.5) is 10.5 Å². The number of ether oxygens (including phenoxy) is 2. The van der Waals surface area contributed by atoms with Crippen molar-refractivity contribution in [1.29, 1.82) is 0 Å². The van der Waals surface area contributed by atoms with Gasteiger partial charge in [-0.3, -0.25) is 25.8 Å². The molecule has 0 saturated heterocycles. The van der Waals surface area contributed by atoms with Crippen molar-refractivity contribution >= 4 is 29.6 Å². The van der Waals surface area contributed by atoms with E-state index in [1.54, 1.807) is 32.9 Å². The fourth-order valence-electron chi connectivity index (χ4n) is 1.55. The Morgan fingerprint density at radius 3 is 2.36 bits per heavy atom. The number of hydrogen-bond acceptors (Lipinski definition) is 6. The van der Waals surface area contributed by atoms with Crippen LogP contribution in [-0.4, -0.2) is 36.1 Å². The lowest BCUT2D eigenvalue weighted by atomic mass is 10.2. The third-order valence-electron chi connectivity index (χ3n) is 2.46. The number of hydrazine groups is 1. The van der Waals surface area contributed by atoms with Crippen LogP contribution in [0.15, 0.2) is 24.3 Å². The molecule has 0 saturated carbocycles. The molecule has 0 aliphatic heterocycles. The normalized spacial score (nSPS) is 10.4. The zero-order chi connectivity index (χ0) is 19.0. The van der Waals surface area contributed by atoms with Crippen LogP contribution < -0.4 is 16.2 Å². The smallest absolute Gasteiger partial charge is 0.412 e. The molecule has 0 radical (unpaired) electrons. The fraction of sp³-hybridized carbons (Fsp3) is 0.375. The molecule has 136 valence electrons. The molecule has 0 unspecified atom stereocenters. The first-order chi connectivity index (χ1) is 11.6. The number of carbonyl (C=O) groups is 4. The van der Waals surface area contributed by atoms with Gasteiger partial charge in [0.25, 0.3) is 5.91 Å². The molecule has 0 bridgehead atoms. The molecule has 3 amide bonds. The molecule has 0 fully saturated rings. The van der Waals surface area contributed by atoms with Crippen molar-refractivity contribution in [1.82, 2.24) is 10.9 Å². The van der Waals surface area contributed by atoms with Gasteiger partial charge < -0.3 is 9.47 Å². The summed E-state index contributed by atoms with van der Waals surface area (Å²) in [6.45, 7) is 5.84. The van der Waals surface area contributed by atoms with Gasteiger partial charge in [-0.2, -0.15) is 0 Å². The predicted molar refractivity (Wildman–Crippen MR) is 88.5 cm³/mol. The number of rotatable bonds is 4. The van der Waals surface area contributed by atoms with Crippen LogP contribution in [0.2, 0.25) is 0 Å². The highest BCUT2D eigenvalue weighted by atomic mass is 16.6. The topological polar surface area (TPSA) is 123 Å². The van der Waals surface area contributed by atoms with E-state index in [-0.39, 0.29) is 5.56 Å². The lowest BCUT2D eigenvalue weighted by Crippen LogP contribution is -2.42. The Kier molecular flexibility index (Phi) is 6.92. The van der Waals surface area contributed by atoms with E-state index in [1.807, 2.05) is 0 Å². The van der Waals surface area contributed by atoms with Crippen LogP contribution >= 0.6 is 0 Å². The van der Waals surface area contributed by atoms with Crippen molar-refractivity contribution in [3.05, 3.63) is 29.8 Å². The van der Waals surface area contributed by atoms with Crippen molar-refractivity contribution in [3.63, 3.8) is 0 Å². The summed E-state index contributed by atoms with van der Waals surface area (Å²) in [5.41, 5.74) is 3.95. The third kappa shape index (κ3) is 8.35. The highest BCUT2D eigenvalue weighted by Gasteiger charge is 2.17. The maximum atomic E-state index is 11.9. The summed E-state index contributed by atoms with van der Waals surface area (Å²) < 4.78 is 9.93. The number of amides is 3. The van der Waals surface area contributed by atoms with Crippen LogP contribution in [-0.2, 0) is 19.1 Å². The Balaban J connectivity index is 2.58. The summed E-state index contributed by atoms with van der Waals surface area (Å²) in [5.74, 6) is -1.90. The lowest BCUT2D eigenvalue weighted by molar-refractivity contribution is -0.129. The van der Waals surface area contributed by atoms with E-state index in [0.717, 1.165) is 0 Å². The van der Waals surface area contributed by atoms with E-state index in [2.05, 4.69) is 16.2 Å². The van der Waals surface area contributed by atoms with Gasteiger partial charge in [0.05, 0.1) is 5.56 Å². The Labute approximate surface area is 145 Å². The van der Waals surface area contributed by atoms with Crippen LogP contribution in [0.1, 0.15) is 38.1 Å². The van der Waals surface area contributed by atoms with Crippen molar-refractivity contribution < 1.29 is 28.7 Å². The summed E-state index contributed by atoms with van der Waals surface area (Å²) in [7, 11) is 0. The number of anilines is 1. The van der Waals surface area contributed by atoms with Gasteiger partial charge in [-0.1, -0.05) is 6.07 Å². The minimum Gasteiger partial charge on any atom is -0.452 e. The van der Waals surface area contributed by atoms with Gasteiger partial charge in [-0.15, -0.1) is 0 Å². The Bertz CT molecular complexity index is 666. The fourth-order valence-corrected chi connectivity index (χ4v) is 1.55. The maximum Gasteiger partial charge on any atom is 0.412 e. The largest absolute Gasteiger partial charge is 0.452 e. The molecule has 9 heteroatoms. The van der Waals surface area contributed by atoms with Crippen molar-refractivity contribution in [2.24, 2.45) is 0 Å². The molecule has 0 aliphatic rings. The zero-order valence-electron chi connectivity index (χ0n) is 14.5. The van der Waals surface area contributed by atoms with Gasteiger partial charge in [-0.05, 0) is 39.0 Å². The van der Waals surface area contributed by atoms with Gasteiger partial charge >= 0.3 is 12.1 Å². The average molecular weight is 351 g/mol. The van der Waals surface area contributed by atoms with E-state index < -0.39 is 36.1 Å². The number of nitrogens with one attached hydrogen (secondary N) is 3. The van der Waals surface area contributed by atoms with Crippen LogP contribution in [0.25, 0.3) is 0 Å². The monoisotopic (exact) mass is 351 g/mol. The molecule has 9 nitrogen and oxygen atoms in total. The highest BCUT2D eigenvalue weighted by Crippen LogP contribution is 2.14. The summed E-state index contributed by atoms with van der Waals surface area (Å²) >= 11 is 0.